The molecule has 0 saturated carbocycles. The number of benzene rings is 2. The second-order valence-electron chi connectivity index (χ2n) is 7.78. The van der Waals surface area contributed by atoms with Gasteiger partial charge in [-0.2, -0.15) is 0 Å². The first-order chi connectivity index (χ1) is 16.6. The molecule has 0 bridgehead atoms. The number of methoxy groups -OCH3 is 1. The molecule has 1 aliphatic rings. The molecule has 0 radical (unpaired) electrons. The van der Waals surface area contributed by atoms with Crippen molar-refractivity contribution in [3.05, 3.63) is 73.1 Å². The van der Waals surface area contributed by atoms with Crippen molar-refractivity contribution in [2.45, 2.75) is 18.6 Å². The van der Waals surface area contributed by atoms with Crippen molar-refractivity contribution < 1.29 is 28.5 Å². The van der Waals surface area contributed by atoms with Crippen molar-refractivity contribution >= 4 is 17.1 Å². The fraction of sp³-hybridized carbons (Fsp3) is 0.192. The van der Waals surface area contributed by atoms with Crippen LogP contribution in [0.4, 0.5) is 0 Å². The standard InChI is InChI=1S/C26H22N2O6/c1-31-18-9-7-16(8-10-18)22-23-25(33-20-12-11-19(13-20)32-14-21(29)30)27-15-28-26(23)34-24(22)17-5-3-2-4-6-17/h2-12,15,19-20H,13-14H2,1H3,(H,29,30)/t19-,20+/m0/s1. The Kier molecular flexibility index (Phi) is 5.97. The summed E-state index contributed by atoms with van der Waals surface area (Å²) in [4.78, 5) is 19.6. The highest BCUT2D eigenvalue weighted by atomic mass is 16.5. The Morgan fingerprint density at radius 1 is 1.03 bits per heavy atom. The average molecular weight is 458 g/mol. The molecule has 0 unspecified atom stereocenters. The predicted molar refractivity (Wildman–Crippen MR) is 125 cm³/mol. The number of furan rings is 1. The van der Waals surface area contributed by atoms with Gasteiger partial charge in [0.1, 0.15) is 35.9 Å². The number of carboxylic acid groups (broad SMARTS) is 1. The highest BCUT2D eigenvalue weighted by Gasteiger charge is 2.27. The smallest absolute Gasteiger partial charge is 0.329 e. The van der Waals surface area contributed by atoms with E-state index in [1.165, 1.54) is 6.33 Å². The minimum atomic E-state index is -1.01. The molecule has 0 fully saturated rings. The number of carboxylic acids is 1. The number of ether oxygens (including phenoxy) is 3. The first-order valence-corrected chi connectivity index (χ1v) is 10.8. The Labute approximate surface area is 195 Å². The maximum absolute atomic E-state index is 10.8. The number of nitrogens with zero attached hydrogens (tertiary/aromatic N) is 2. The molecule has 2 aromatic heterocycles. The molecule has 2 heterocycles. The number of hydrogen-bond acceptors (Lipinski definition) is 7. The lowest BCUT2D eigenvalue weighted by Gasteiger charge is -2.14. The van der Waals surface area contributed by atoms with E-state index in [0.29, 0.717) is 29.2 Å². The second-order valence-corrected chi connectivity index (χ2v) is 7.78. The predicted octanol–water partition coefficient (Wildman–Crippen LogP) is 4.74. The summed E-state index contributed by atoms with van der Waals surface area (Å²) in [5, 5.41) is 9.51. The van der Waals surface area contributed by atoms with E-state index in [9.17, 15) is 4.79 Å². The molecular weight excluding hydrogens is 436 g/mol. The fourth-order valence-electron chi connectivity index (χ4n) is 3.99. The molecule has 5 rings (SSSR count). The zero-order valence-corrected chi connectivity index (χ0v) is 18.4. The van der Waals surface area contributed by atoms with E-state index in [-0.39, 0.29) is 18.8 Å². The molecule has 0 saturated heterocycles. The Balaban J connectivity index is 1.55. The van der Waals surface area contributed by atoms with Gasteiger partial charge in [-0.1, -0.05) is 48.5 Å². The molecule has 8 heteroatoms. The summed E-state index contributed by atoms with van der Waals surface area (Å²) in [7, 11) is 1.62. The van der Waals surface area contributed by atoms with Gasteiger partial charge in [0, 0.05) is 17.5 Å². The quantitative estimate of drug-likeness (QED) is 0.378. The Morgan fingerprint density at radius 2 is 1.79 bits per heavy atom. The first kappa shape index (κ1) is 21.7. The minimum Gasteiger partial charge on any atom is -0.497 e. The average Bonchev–Trinajstić information content (AvgIpc) is 3.48. The normalized spacial score (nSPS) is 17.2. The highest BCUT2D eigenvalue weighted by molar-refractivity contribution is 6.03. The lowest BCUT2D eigenvalue weighted by molar-refractivity contribution is -0.143. The third-order valence-electron chi connectivity index (χ3n) is 5.56. The topological polar surface area (TPSA) is 104 Å². The zero-order valence-electron chi connectivity index (χ0n) is 18.4. The summed E-state index contributed by atoms with van der Waals surface area (Å²) in [6, 6.07) is 17.5. The van der Waals surface area contributed by atoms with Crippen molar-refractivity contribution in [1.29, 1.82) is 0 Å². The van der Waals surface area contributed by atoms with Crippen LogP contribution in [0.5, 0.6) is 11.6 Å². The monoisotopic (exact) mass is 458 g/mol. The highest BCUT2D eigenvalue weighted by Crippen LogP contribution is 2.44. The van der Waals surface area contributed by atoms with E-state index in [1.807, 2.05) is 60.7 Å². The summed E-state index contributed by atoms with van der Waals surface area (Å²) in [6.07, 6.45) is 4.90. The maximum Gasteiger partial charge on any atom is 0.329 e. The van der Waals surface area contributed by atoms with Crippen molar-refractivity contribution in [3.63, 3.8) is 0 Å². The molecule has 0 amide bonds. The first-order valence-electron chi connectivity index (χ1n) is 10.8. The molecule has 172 valence electrons. The SMILES string of the molecule is COc1ccc(-c2c(-c3ccccc3)oc3ncnc(O[C@@H]4C=C[C@H](OCC(=O)O)C4)c23)cc1. The number of fused-ring (bicyclic) bond motifs is 1. The Hall–Kier alpha value is -4.17. The van der Waals surface area contributed by atoms with Crippen LogP contribution in [0.25, 0.3) is 33.6 Å². The summed E-state index contributed by atoms with van der Waals surface area (Å²) in [5.41, 5.74) is 3.04. The number of carbonyl (C=O) groups is 1. The van der Waals surface area contributed by atoms with E-state index in [2.05, 4.69) is 9.97 Å². The van der Waals surface area contributed by atoms with E-state index < -0.39 is 5.97 Å². The Morgan fingerprint density at radius 3 is 2.53 bits per heavy atom. The maximum atomic E-state index is 10.8. The van der Waals surface area contributed by atoms with E-state index in [1.54, 1.807) is 13.2 Å². The van der Waals surface area contributed by atoms with Crippen molar-refractivity contribution in [3.8, 4) is 34.1 Å². The largest absolute Gasteiger partial charge is 0.497 e. The van der Waals surface area contributed by atoms with Crippen molar-refractivity contribution in [1.82, 2.24) is 9.97 Å². The molecule has 1 N–H and O–H groups in total. The van der Waals surface area contributed by atoms with Gasteiger partial charge in [0.05, 0.1) is 13.2 Å². The second kappa shape index (κ2) is 9.36. The lowest BCUT2D eigenvalue weighted by Crippen LogP contribution is -2.19. The Bertz CT molecular complexity index is 1330. The van der Waals surface area contributed by atoms with Crippen LogP contribution < -0.4 is 9.47 Å². The third-order valence-corrected chi connectivity index (χ3v) is 5.56. The summed E-state index contributed by atoms with van der Waals surface area (Å²) < 4.78 is 23.1. The van der Waals surface area contributed by atoms with Crippen LogP contribution in [0.2, 0.25) is 0 Å². The van der Waals surface area contributed by atoms with Gasteiger partial charge >= 0.3 is 5.97 Å². The van der Waals surface area contributed by atoms with Crippen LogP contribution in [0.3, 0.4) is 0 Å². The fourth-order valence-corrected chi connectivity index (χ4v) is 3.99. The molecule has 2 atom stereocenters. The molecule has 0 aliphatic heterocycles. The molecule has 8 nitrogen and oxygen atoms in total. The van der Waals surface area contributed by atoms with E-state index in [0.717, 1.165) is 22.4 Å². The lowest BCUT2D eigenvalue weighted by atomic mass is 9.99. The van der Waals surface area contributed by atoms with Crippen LogP contribution in [0.1, 0.15) is 6.42 Å². The molecule has 1 aliphatic carbocycles. The number of aromatic nitrogens is 2. The van der Waals surface area contributed by atoms with E-state index in [4.69, 9.17) is 23.7 Å². The van der Waals surface area contributed by atoms with Crippen LogP contribution >= 0.6 is 0 Å². The molecule has 0 spiro atoms. The van der Waals surface area contributed by atoms with E-state index >= 15 is 0 Å². The minimum absolute atomic E-state index is 0.323. The summed E-state index contributed by atoms with van der Waals surface area (Å²) in [5.74, 6) is 0.784. The summed E-state index contributed by atoms with van der Waals surface area (Å²) >= 11 is 0. The van der Waals surface area contributed by atoms with Gasteiger partial charge in [-0.05, 0) is 23.8 Å². The molecule has 4 aromatic rings. The third kappa shape index (κ3) is 4.35. The van der Waals surface area contributed by atoms with Crippen LogP contribution in [-0.4, -0.2) is 47.0 Å². The van der Waals surface area contributed by atoms with Gasteiger partial charge in [0.2, 0.25) is 11.6 Å². The molecule has 34 heavy (non-hydrogen) atoms. The number of rotatable bonds is 8. The number of aliphatic carboxylic acids is 1. The number of hydrogen-bond donors (Lipinski definition) is 1. The van der Waals surface area contributed by atoms with Gasteiger partial charge in [0.15, 0.2) is 0 Å². The van der Waals surface area contributed by atoms with Gasteiger partial charge in [-0.15, -0.1) is 0 Å². The van der Waals surface area contributed by atoms with Crippen LogP contribution in [-0.2, 0) is 9.53 Å². The van der Waals surface area contributed by atoms with Gasteiger partial charge in [-0.3, -0.25) is 0 Å². The van der Waals surface area contributed by atoms with Gasteiger partial charge < -0.3 is 23.7 Å². The van der Waals surface area contributed by atoms with Crippen molar-refractivity contribution in [2.75, 3.05) is 13.7 Å². The van der Waals surface area contributed by atoms with Crippen LogP contribution in [0, 0.1) is 0 Å². The van der Waals surface area contributed by atoms with Crippen molar-refractivity contribution in [2.24, 2.45) is 0 Å². The van der Waals surface area contributed by atoms with Crippen LogP contribution in [0.15, 0.2) is 77.5 Å². The van der Waals surface area contributed by atoms with Gasteiger partial charge in [0.25, 0.3) is 0 Å². The zero-order chi connectivity index (χ0) is 23.5. The molecule has 2 aromatic carbocycles. The summed E-state index contributed by atoms with van der Waals surface area (Å²) in [6.45, 7) is -0.358. The molecular formula is C26H22N2O6. The van der Waals surface area contributed by atoms with Gasteiger partial charge in [-0.25, -0.2) is 14.8 Å².